The van der Waals surface area contributed by atoms with Crippen molar-refractivity contribution in [3.63, 3.8) is 0 Å². The zero-order valence-corrected chi connectivity index (χ0v) is 16.5. The number of benzene rings is 2. The molecule has 1 N–H and O–H groups in total. The number of carbonyl (C=O) groups is 4. The molecule has 0 spiro atoms. The predicted octanol–water partition coefficient (Wildman–Crippen LogP) is 3.14. The van der Waals surface area contributed by atoms with Gasteiger partial charge in [-0.25, -0.2) is 4.79 Å². The molecule has 0 aliphatic carbocycles. The number of nitrogens with zero attached hydrogens (tertiary/aromatic N) is 1. The maximum atomic E-state index is 12.5. The van der Waals surface area contributed by atoms with Crippen LogP contribution < -0.4 is 10.2 Å². The first-order valence-corrected chi connectivity index (χ1v) is 9.32. The lowest BCUT2D eigenvalue weighted by atomic mass is 10.1. The van der Waals surface area contributed by atoms with E-state index in [1.54, 1.807) is 12.1 Å². The average Bonchev–Trinajstić information content (AvgIpc) is 3.03. The number of hydrogen-bond acceptors (Lipinski definition) is 5. The van der Waals surface area contributed by atoms with Gasteiger partial charge in [0, 0.05) is 18.5 Å². The van der Waals surface area contributed by atoms with Gasteiger partial charge in [-0.2, -0.15) is 0 Å². The Morgan fingerprint density at radius 3 is 2.21 bits per heavy atom. The molecule has 1 aliphatic rings. The zero-order chi connectivity index (χ0) is 21.1. The van der Waals surface area contributed by atoms with E-state index in [0.717, 1.165) is 16.0 Å². The number of aryl methyl sites for hydroxylation is 2. The van der Waals surface area contributed by atoms with Crippen LogP contribution in [0.2, 0.25) is 0 Å². The first-order valence-electron chi connectivity index (χ1n) is 9.32. The van der Waals surface area contributed by atoms with Crippen LogP contribution in [-0.4, -0.2) is 29.8 Å². The number of amides is 3. The number of para-hydroxylation sites is 1. The van der Waals surface area contributed by atoms with Gasteiger partial charge in [0.15, 0.2) is 6.10 Å². The van der Waals surface area contributed by atoms with Crippen LogP contribution in [0.3, 0.4) is 0 Å². The van der Waals surface area contributed by atoms with Crippen LogP contribution in [0.25, 0.3) is 0 Å². The topological polar surface area (TPSA) is 92.8 Å². The van der Waals surface area contributed by atoms with Crippen LogP contribution in [0.5, 0.6) is 0 Å². The summed E-state index contributed by atoms with van der Waals surface area (Å²) in [5.41, 5.74) is 2.98. The molecule has 2 aromatic carbocycles. The monoisotopic (exact) mass is 394 g/mol. The van der Waals surface area contributed by atoms with E-state index in [2.05, 4.69) is 5.32 Å². The number of carbonyl (C=O) groups excluding carboxylic acids is 4. The highest BCUT2D eigenvalue weighted by atomic mass is 16.5. The summed E-state index contributed by atoms with van der Waals surface area (Å²) in [5.74, 6) is -1.77. The number of ether oxygens (including phenoxy) is 1. The molecular formula is C22H22N2O5. The standard InChI is InChI=1S/C22H22N2O5/c1-13-6-4-7-14(2)20(13)23-21(27)15(3)29-22(28)16-8-5-9-17(12-16)24-18(25)10-11-19(24)26/h4-9,12,15H,10-11H2,1-3H3,(H,23,27)/t15-/m1/s1. The molecule has 1 fully saturated rings. The molecular weight excluding hydrogens is 372 g/mol. The third kappa shape index (κ3) is 4.34. The third-order valence-corrected chi connectivity index (χ3v) is 4.77. The molecule has 7 heteroatoms. The maximum absolute atomic E-state index is 12.5. The van der Waals surface area contributed by atoms with Crippen LogP contribution in [0.1, 0.15) is 41.3 Å². The number of esters is 1. The minimum atomic E-state index is -1.03. The average molecular weight is 394 g/mol. The van der Waals surface area contributed by atoms with Crippen LogP contribution in [-0.2, 0) is 19.1 Å². The van der Waals surface area contributed by atoms with Crippen LogP contribution in [0.4, 0.5) is 11.4 Å². The van der Waals surface area contributed by atoms with Crippen molar-refractivity contribution < 1.29 is 23.9 Å². The van der Waals surface area contributed by atoms with Crippen molar-refractivity contribution in [2.75, 3.05) is 10.2 Å². The second-order valence-corrected chi connectivity index (χ2v) is 6.98. The molecule has 1 heterocycles. The van der Waals surface area contributed by atoms with E-state index in [1.807, 2.05) is 32.0 Å². The minimum Gasteiger partial charge on any atom is -0.449 e. The fourth-order valence-corrected chi connectivity index (χ4v) is 3.16. The summed E-state index contributed by atoms with van der Waals surface area (Å²) >= 11 is 0. The molecule has 1 atom stereocenters. The van der Waals surface area contributed by atoms with Crippen molar-refractivity contribution in [2.45, 2.75) is 39.7 Å². The molecule has 0 aromatic heterocycles. The Hall–Kier alpha value is -3.48. The molecule has 29 heavy (non-hydrogen) atoms. The van der Waals surface area contributed by atoms with Gasteiger partial charge >= 0.3 is 5.97 Å². The van der Waals surface area contributed by atoms with Crippen molar-refractivity contribution >= 4 is 35.1 Å². The second kappa shape index (κ2) is 8.26. The van der Waals surface area contributed by atoms with E-state index in [-0.39, 0.29) is 30.2 Å². The van der Waals surface area contributed by atoms with Crippen molar-refractivity contribution in [2.24, 2.45) is 0 Å². The number of anilines is 2. The highest BCUT2D eigenvalue weighted by Crippen LogP contribution is 2.24. The molecule has 1 aliphatic heterocycles. The predicted molar refractivity (Wildman–Crippen MR) is 108 cm³/mol. The van der Waals surface area contributed by atoms with Crippen molar-refractivity contribution in [3.05, 3.63) is 59.2 Å². The number of imide groups is 1. The fraction of sp³-hybridized carbons (Fsp3) is 0.273. The van der Waals surface area contributed by atoms with E-state index in [0.29, 0.717) is 11.4 Å². The van der Waals surface area contributed by atoms with Gasteiger partial charge in [0.05, 0.1) is 11.3 Å². The molecule has 3 rings (SSSR count). The summed E-state index contributed by atoms with van der Waals surface area (Å²) in [5, 5.41) is 2.79. The van der Waals surface area contributed by atoms with Gasteiger partial charge in [0.1, 0.15) is 0 Å². The van der Waals surface area contributed by atoms with E-state index in [9.17, 15) is 19.2 Å². The second-order valence-electron chi connectivity index (χ2n) is 6.98. The van der Waals surface area contributed by atoms with Gasteiger partial charge in [-0.1, -0.05) is 24.3 Å². The first kappa shape index (κ1) is 20.3. The number of nitrogens with one attached hydrogen (secondary N) is 1. The first-order chi connectivity index (χ1) is 13.8. The van der Waals surface area contributed by atoms with Gasteiger partial charge in [-0.05, 0) is 50.1 Å². The highest BCUT2D eigenvalue weighted by Gasteiger charge is 2.30. The SMILES string of the molecule is Cc1cccc(C)c1NC(=O)[C@@H](C)OC(=O)c1cccc(N2C(=O)CCC2=O)c1. The summed E-state index contributed by atoms with van der Waals surface area (Å²) in [6.07, 6.45) is -0.716. The molecule has 2 aromatic rings. The van der Waals surface area contributed by atoms with Crippen LogP contribution >= 0.6 is 0 Å². The summed E-state index contributed by atoms with van der Waals surface area (Å²) in [7, 11) is 0. The Balaban J connectivity index is 1.70. The quantitative estimate of drug-likeness (QED) is 0.621. The Morgan fingerprint density at radius 1 is 1.00 bits per heavy atom. The van der Waals surface area contributed by atoms with Gasteiger partial charge in [-0.3, -0.25) is 19.3 Å². The number of rotatable bonds is 5. The molecule has 3 amide bonds. The molecule has 7 nitrogen and oxygen atoms in total. The van der Waals surface area contributed by atoms with E-state index in [4.69, 9.17) is 4.74 Å². The lowest BCUT2D eigenvalue weighted by Gasteiger charge is -2.17. The number of hydrogen-bond donors (Lipinski definition) is 1. The summed E-state index contributed by atoms with van der Waals surface area (Å²) in [6, 6.07) is 11.7. The third-order valence-electron chi connectivity index (χ3n) is 4.77. The summed E-state index contributed by atoms with van der Waals surface area (Å²) in [4.78, 5) is 49.8. The smallest absolute Gasteiger partial charge is 0.338 e. The van der Waals surface area contributed by atoms with E-state index < -0.39 is 18.0 Å². The molecule has 0 radical (unpaired) electrons. The summed E-state index contributed by atoms with van der Waals surface area (Å²) in [6.45, 7) is 5.25. The largest absolute Gasteiger partial charge is 0.449 e. The highest BCUT2D eigenvalue weighted by molar-refractivity contribution is 6.20. The van der Waals surface area contributed by atoms with Crippen molar-refractivity contribution in [1.29, 1.82) is 0 Å². The Bertz CT molecular complexity index is 962. The van der Waals surface area contributed by atoms with Crippen molar-refractivity contribution in [1.82, 2.24) is 0 Å². The summed E-state index contributed by atoms with van der Waals surface area (Å²) < 4.78 is 5.28. The lowest BCUT2D eigenvalue weighted by molar-refractivity contribution is -0.124. The Morgan fingerprint density at radius 2 is 1.59 bits per heavy atom. The molecule has 150 valence electrons. The normalized spacial score (nSPS) is 14.7. The van der Waals surface area contributed by atoms with E-state index in [1.165, 1.54) is 19.1 Å². The van der Waals surface area contributed by atoms with Gasteiger partial charge in [0.25, 0.3) is 5.91 Å². The lowest BCUT2D eigenvalue weighted by Crippen LogP contribution is -2.31. The molecule has 0 unspecified atom stereocenters. The zero-order valence-electron chi connectivity index (χ0n) is 16.5. The maximum Gasteiger partial charge on any atom is 0.338 e. The molecule has 0 saturated carbocycles. The Kier molecular flexibility index (Phi) is 5.77. The van der Waals surface area contributed by atoms with Crippen molar-refractivity contribution in [3.8, 4) is 0 Å². The van der Waals surface area contributed by atoms with Gasteiger partial charge in [-0.15, -0.1) is 0 Å². The minimum absolute atomic E-state index is 0.154. The molecule has 1 saturated heterocycles. The molecule has 0 bridgehead atoms. The van der Waals surface area contributed by atoms with Gasteiger partial charge < -0.3 is 10.1 Å². The van der Waals surface area contributed by atoms with Gasteiger partial charge in [0.2, 0.25) is 11.8 Å². The Labute approximate surface area is 168 Å². The fourth-order valence-electron chi connectivity index (χ4n) is 3.16. The van der Waals surface area contributed by atoms with Crippen LogP contribution in [0, 0.1) is 13.8 Å². The van der Waals surface area contributed by atoms with E-state index >= 15 is 0 Å². The van der Waals surface area contributed by atoms with Crippen LogP contribution in [0.15, 0.2) is 42.5 Å².